The van der Waals surface area contributed by atoms with Gasteiger partial charge in [-0.2, -0.15) is 5.10 Å². The largest absolute Gasteiger partial charge is 0.494 e. The molecule has 3 fully saturated rings. The van der Waals surface area contributed by atoms with Crippen LogP contribution >= 0.6 is 11.6 Å². The minimum absolute atomic E-state index is 0.00948. The number of halogens is 3. The van der Waals surface area contributed by atoms with E-state index in [9.17, 15) is 19.2 Å². The van der Waals surface area contributed by atoms with Gasteiger partial charge in [-0.1, -0.05) is 54.9 Å². The fourth-order valence-corrected chi connectivity index (χ4v) is 10.7. The first-order valence-electron chi connectivity index (χ1n) is 23.2. The lowest BCUT2D eigenvalue weighted by atomic mass is 9.77. The second kappa shape index (κ2) is 19.4. The number of aryl methyl sites for hydroxylation is 1. The van der Waals surface area contributed by atoms with Gasteiger partial charge in [0.2, 0.25) is 17.7 Å². The van der Waals surface area contributed by atoms with Crippen LogP contribution < -0.4 is 40.8 Å². The molecule has 2 saturated heterocycles. The number of fused-ring (bicyclic) bond motifs is 2. The number of hydrogen-bond donors (Lipinski definition) is 4. The first-order chi connectivity index (χ1) is 32.8. The van der Waals surface area contributed by atoms with Crippen LogP contribution in [0.3, 0.4) is 0 Å². The predicted molar refractivity (Wildman–Crippen MR) is 252 cm³/mol. The molecule has 0 bridgehead atoms. The quantitative estimate of drug-likeness (QED) is 0.0912. The maximum Gasteiger partial charge on any atom is 0.329 e. The van der Waals surface area contributed by atoms with Gasteiger partial charge in [-0.3, -0.25) is 29.3 Å². The Bertz CT molecular complexity index is 2760. The van der Waals surface area contributed by atoms with Crippen LogP contribution in [0, 0.1) is 17.6 Å². The van der Waals surface area contributed by atoms with Crippen LogP contribution in [-0.4, -0.2) is 97.0 Å². The molecule has 1 aliphatic carbocycles. The SMILES string of the molecule is COc1ccc(C(N)=O)c(-c2c(Cl)c(F)cc3c2[C@H](C)[C@@](CNC2CCC(C(=O)NCCN4CCC(Oc5cccc6c(N7CCC(=O)NC7=O)nn(C)c56)CC4)CC2)(c2ccccc2)O3)c1F. The van der Waals surface area contributed by atoms with Crippen molar-refractivity contribution in [2.75, 3.05) is 51.3 Å². The number of nitrogens with zero attached hydrogens (tertiary/aromatic N) is 4. The van der Waals surface area contributed by atoms with Gasteiger partial charge >= 0.3 is 6.03 Å². The number of aromatic nitrogens is 2. The minimum Gasteiger partial charge on any atom is -0.494 e. The molecule has 0 unspecified atom stereocenters. The van der Waals surface area contributed by atoms with E-state index >= 15 is 8.78 Å². The standard InChI is InChI=1S/C50H55ClF2N8O7/c1-28-40-38(26-35(52)43(51)42(40)41-33(46(54)63)16-17-36(66-3)44(41)53)68-50(28,30-8-5-4-6-9-30)27-56-31-14-12-29(13-15-31)48(64)55-21-25-60-22-18-32(19-23-60)67-37-11-7-10-34-45(37)59(2)58-47(34)61-24-20-39(62)57-49(61)65/h4-11,16-17,26,28-29,31-32,56H,12-15,18-25,27H2,1-3H3,(H2,54,63)(H,55,64)(H,57,62,65)/t28-,29?,31?,50-/m0/s1. The molecule has 9 rings (SSSR count). The summed E-state index contributed by atoms with van der Waals surface area (Å²) in [7, 11) is 3.11. The number of imide groups is 1. The lowest BCUT2D eigenvalue weighted by Crippen LogP contribution is -2.49. The summed E-state index contributed by atoms with van der Waals surface area (Å²) in [6.07, 6.45) is 4.73. The Labute approximate surface area is 397 Å². The predicted octanol–water partition coefficient (Wildman–Crippen LogP) is 6.93. The van der Waals surface area contributed by atoms with E-state index in [1.807, 2.05) is 62.5 Å². The number of likely N-dealkylation sites (tertiary alicyclic amines) is 1. The number of anilines is 1. The Kier molecular flexibility index (Phi) is 13.3. The molecule has 3 aliphatic heterocycles. The van der Waals surface area contributed by atoms with Crippen LogP contribution in [-0.2, 0) is 22.2 Å². The monoisotopic (exact) mass is 952 g/mol. The summed E-state index contributed by atoms with van der Waals surface area (Å²) in [5.74, 6) is -2.33. The Hall–Kier alpha value is -6.30. The zero-order valence-electron chi connectivity index (χ0n) is 38.2. The summed E-state index contributed by atoms with van der Waals surface area (Å²) in [6, 6.07) is 18.7. The van der Waals surface area contributed by atoms with E-state index in [2.05, 4.69) is 25.9 Å². The maximum absolute atomic E-state index is 16.2. The highest BCUT2D eigenvalue weighted by atomic mass is 35.5. The van der Waals surface area contributed by atoms with Gasteiger partial charge in [-0.15, -0.1) is 0 Å². The normalized spacial score (nSPS) is 22.1. The van der Waals surface area contributed by atoms with E-state index in [4.69, 9.17) is 31.5 Å². The highest BCUT2D eigenvalue weighted by Crippen LogP contribution is 2.56. The molecule has 68 heavy (non-hydrogen) atoms. The summed E-state index contributed by atoms with van der Waals surface area (Å²) in [5.41, 5.74) is 6.24. The van der Waals surface area contributed by atoms with Gasteiger partial charge in [0.1, 0.15) is 28.9 Å². The van der Waals surface area contributed by atoms with E-state index < -0.39 is 35.1 Å². The van der Waals surface area contributed by atoms with Gasteiger partial charge in [-0.25, -0.2) is 13.6 Å². The zero-order valence-corrected chi connectivity index (χ0v) is 39.0. The second-order valence-corrected chi connectivity index (χ2v) is 18.5. The molecular weight excluding hydrogens is 898 g/mol. The van der Waals surface area contributed by atoms with E-state index in [0.717, 1.165) is 61.8 Å². The minimum atomic E-state index is -1.08. The fraction of sp³-hybridized carbons (Fsp3) is 0.420. The summed E-state index contributed by atoms with van der Waals surface area (Å²) < 4.78 is 52.2. The van der Waals surface area contributed by atoms with Gasteiger partial charge in [0.25, 0.3) is 0 Å². The molecule has 5 amide bonds. The number of piperidine rings is 1. The van der Waals surface area contributed by atoms with Crippen LogP contribution in [0.2, 0.25) is 5.02 Å². The summed E-state index contributed by atoms with van der Waals surface area (Å²) >= 11 is 6.68. The molecule has 1 aromatic heterocycles. The average molecular weight is 953 g/mol. The molecule has 0 radical (unpaired) electrons. The third kappa shape index (κ3) is 8.82. The molecule has 2 atom stereocenters. The van der Waals surface area contributed by atoms with Crippen molar-refractivity contribution in [1.82, 2.24) is 30.6 Å². The van der Waals surface area contributed by atoms with Crippen LogP contribution in [0.1, 0.15) is 79.3 Å². The molecule has 1 saturated carbocycles. The molecule has 5 N–H and O–H groups in total. The lowest BCUT2D eigenvalue weighted by Gasteiger charge is -2.37. The first-order valence-corrected chi connectivity index (χ1v) is 23.6. The first kappa shape index (κ1) is 46.8. The molecule has 4 aromatic carbocycles. The molecule has 15 nitrogen and oxygen atoms in total. The number of nitrogens with one attached hydrogen (secondary N) is 3. The highest BCUT2D eigenvalue weighted by Gasteiger charge is 2.50. The van der Waals surface area contributed by atoms with Gasteiger partial charge in [0.15, 0.2) is 23.0 Å². The smallest absolute Gasteiger partial charge is 0.329 e. The molecular formula is C50H55ClF2N8O7. The number of urea groups is 1. The topological polar surface area (TPSA) is 182 Å². The van der Waals surface area contributed by atoms with Gasteiger partial charge in [-0.05, 0) is 68.4 Å². The number of hydrogen-bond acceptors (Lipinski definition) is 10. The zero-order chi connectivity index (χ0) is 47.9. The van der Waals surface area contributed by atoms with E-state index in [1.54, 1.807) is 4.68 Å². The Morgan fingerprint density at radius 1 is 0.971 bits per heavy atom. The second-order valence-electron chi connectivity index (χ2n) is 18.1. The van der Waals surface area contributed by atoms with Gasteiger partial charge in [0.05, 0.1) is 17.7 Å². The van der Waals surface area contributed by atoms with Crippen molar-refractivity contribution in [3.63, 3.8) is 0 Å². The highest BCUT2D eigenvalue weighted by molar-refractivity contribution is 6.34. The average Bonchev–Trinajstić information content (AvgIpc) is 3.82. The Morgan fingerprint density at radius 3 is 2.43 bits per heavy atom. The third-order valence-electron chi connectivity index (χ3n) is 14.2. The number of carbonyl (C=O) groups is 4. The van der Waals surface area contributed by atoms with Crippen LogP contribution in [0.5, 0.6) is 17.2 Å². The van der Waals surface area contributed by atoms with E-state index in [0.29, 0.717) is 43.1 Å². The lowest BCUT2D eigenvalue weighted by molar-refractivity contribution is -0.126. The molecule has 4 aliphatic rings. The summed E-state index contributed by atoms with van der Waals surface area (Å²) in [4.78, 5) is 54.2. The summed E-state index contributed by atoms with van der Waals surface area (Å²) in [5, 5.41) is 14.3. The number of benzene rings is 4. The fourth-order valence-electron chi connectivity index (χ4n) is 10.5. The van der Waals surface area contributed by atoms with E-state index in [-0.39, 0.29) is 76.1 Å². The number of rotatable bonds is 14. The maximum atomic E-state index is 16.2. The van der Waals surface area contributed by atoms with Crippen LogP contribution in [0.15, 0.2) is 66.7 Å². The number of nitrogens with two attached hydrogens (primary N) is 1. The third-order valence-corrected chi connectivity index (χ3v) is 14.5. The number of methoxy groups -OCH3 is 1. The molecule has 4 heterocycles. The van der Waals surface area contributed by atoms with Gasteiger partial charge < -0.3 is 35.5 Å². The van der Waals surface area contributed by atoms with Gasteiger partial charge in [0, 0.05) is 98.8 Å². The molecule has 0 spiro atoms. The van der Waals surface area contributed by atoms with Crippen molar-refractivity contribution in [2.45, 2.75) is 75.5 Å². The number of amides is 5. The molecule has 18 heteroatoms. The Balaban J connectivity index is 0.784. The van der Waals surface area contributed by atoms with Crippen molar-refractivity contribution >= 4 is 52.1 Å². The Morgan fingerprint density at radius 2 is 1.72 bits per heavy atom. The van der Waals surface area contributed by atoms with Crippen molar-refractivity contribution < 1.29 is 42.2 Å². The number of ether oxygens (including phenoxy) is 3. The van der Waals surface area contributed by atoms with Crippen LogP contribution in [0.25, 0.3) is 22.0 Å². The van der Waals surface area contributed by atoms with Crippen molar-refractivity contribution in [1.29, 1.82) is 0 Å². The van der Waals surface area contributed by atoms with E-state index in [1.165, 1.54) is 30.2 Å². The van der Waals surface area contributed by atoms with Crippen molar-refractivity contribution in [3.8, 4) is 28.4 Å². The van der Waals surface area contributed by atoms with Crippen molar-refractivity contribution in [2.24, 2.45) is 18.7 Å². The molecule has 358 valence electrons. The number of carbonyl (C=O) groups excluding carboxylic acids is 4. The number of para-hydroxylation sites is 1. The number of primary amides is 1. The van der Waals surface area contributed by atoms with Crippen molar-refractivity contribution in [3.05, 3.63) is 100 Å². The summed E-state index contributed by atoms with van der Waals surface area (Å²) in [6.45, 7) is 5.39. The van der Waals surface area contributed by atoms with Crippen LogP contribution in [0.4, 0.5) is 19.4 Å². The molecule has 5 aromatic rings.